The zero-order chi connectivity index (χ0) is 30.9. The Balaban J connectivity index is 2.07. The van der Waals surface area contributed by atoms with Crippen LogP contribution < -0.4 is 23.8 Å². The molecule has 0 unspecified atom stereocenters. The lowest BCUT2D eigenvalue weighted by molar-refractivity contribution is -0.140. The number of carbonyl (C=O) groups excluding carboxylic acids is 2. The largest absolute Gasteiger partial charge is 0.497 e. The molecule has 3 aromatic carbocycles. The third kappa shape index (κ3) is 7.73. The fraction of sp³-hybridized carbons (Fsp3) is 0.355. The fourth-order valence-corrected chi connectivity index (χ4v) is 5.89. The van der Waals surface area contributed by atoms with Crippen LogP contribution in [0, 0.1) is 0 Å². The van der Waals surface area contributed by atoms with Crippen molar-refractivity contribution < 1.29 is 32.2 Å². The molecule has 1 N–H and O–H groups in total. The molecule has 0 saturated heterocycles. The molecule has 3 rings (SSSR count). The van der Waals surface area contributed by atoms with Gasteiger partial charge in [0.15, 0.2) is 11.5 Å². The van der Waals surface area contributed by atoms with Gasteiger partial charge in [-0.2, -0.15) is 0 Å². The Hall–Kier alpha value is -4.25. The van der Waals surface area contributed by atoms with E-state index in [9.17, 15) is 18.0 Å². The van der Waals surface area contributed by atoms with Gasteiger partial charge in [-0.05, 0) is 62.2 Å². The monoisotopic (exact) mass is 597 g/mol. The molecule has 0 aliphatic rings. The molecule has 0 bridgehead atoms. The van der Waals surface area contributed by atoms with Crippen molar-refractivity contribution in [3.05, 3.63) is 78.4 Å². The predicted octanol–water partition coefficient (Wildman–Crippen LogP) is 4.24. The number of nitrogens with zero attached hydrogens (tertiary/aromatic N) is 2. The van der Waals surface area contributed by atoms with E-state index >= 15 is 0 Å². The van der Waals surface area contributed by atoms with Crippen LogP contribution in [-0.4, -0.2) is 65.1 Å². The zero-order valence-corrected chi connectivity index (χ0v) is 25.7. The summed E-state index contributed by atoms with van der Waals surface area (Å²) in [4.78, 5) is 28.7. The minimum atomic E-state index is -4.26. The lowest BCUT2D eigenvalue weighted by Crippen LogP contribution is -2.53. The fourth-order valence-electron chi connectivity index (χ4n) is 4.46. The van der Waals surface area contributed by atoms with Crippen molar-refractivity contribution in [1.82, 2.24) is 10.2 Å². The van der Waals surface area contributed by atoms with Crippen molar-refractivity contribution in [2.24, 2.45) is 0 Å². The first-order valence-electron chi connectivity index (χ1n) is 13.6. The summed E-state index contributed by atoms with van der Waals surface area (Å²) in [5.41, 5.74) is 1.05. The Kier molecular flexibility index (Phi) is 11.2. The van der Waals surface area contributed by atoms with Crippen molar-refractivity contribution >= 4 is 27.5 Å². The van der Waals surface area contributed by atoms with Gasteiger partial charge in [-0.3, -0.25) is 13.9 Å². The van der Waals surface area contributed by atoms with Gasteiger partial charge in [0, 0.05) is 18.7 Å². The second-order valence-corrected chi connectivity index (χ2v) is 11.7. The number of hydrogen-bond acceptors (Lipinski definition) is 7. The van der Waals surface area contributed by atoms with Gasteiger partial charge in [-0.1, -0.05) is 37.3 Å². The number of para-hydroxylation sites is 1. The quantitative estimate of drug-likeness (QED) is 0.296. The van der Waals surface area contributed by atoms with E-state index in [1.54, 1.807) is 49.6 Å². The first kappa shape index (κ1) is 32.3. The molecule has 226 valence electrons. The Morgan fingerprint density at radius 1 is 0.857 bits per heavy atom. The number of hydrogen-bond donors (Lipinski definition) is 1. The highest BCUT2D eigenvalue weighted by atomic mass is 32.2. The molecule has 2 amide bonds. The van der Waals surface area contributed by atoms with E-state index in [0.29, 0.717) is 23.6 Å². The van der Waals surface area contributed by atoms with Crippen molar-refractivity contribution in [3.63, 3.8) is 0 Å². The molecule has 0 aliphatic heterocycles. The first-order valence-corrected chi connectivity index (χ1v) is 15.0. The van der Waals surface area contributed by atoms with Crippen LogP contribution in [0.1, 0.15) is 32.8 Å². The standard InChI is InChI=1S/C31H39N3O7S/c1-7-27(31(36)32-22(2)3)33(20-23-13-15-25(39-4)16-14-23)30(35)21-34(24-11-9-8-10-12-24)42(37,38)26-17-18-28(40-5)29(19-26)41-6/h8-19,22,27H,7,20-21H2,1-6H3,(H,32,36)/t27-/m1/s1. The molecule has 0 aromatic heterocycles. The molecule has 42 heavy (non-hydrogen) atoms. The van der Waals surface area contributed by atoms with Crippen molar-refractivity contribution in [2.45, 2.75) is 50.7 Å². The van der Waals surface area contributed by atoms with E-state index < -0.39 is 28.5 Å². The second-order valence-electron chi connectivity index (χ2n) is 9.82. The molecule has 0 saturated carbocycles. The summed E-state index contributed by atoms with van der Waals surface area (Å²) in [5.74, 6) is 0.396. The van der Waals surface area contributed by atoms with Gasteiger partial charge >= 0.3 is 0 Å². The van der Waals surface area contributed by atoms with Crippen LogP contribution in [0.3, 0.4) is 0 Å². The summed E-state index contributed by atoms with van der Waals surface area (Å²) >= 11 is 0. The van der Waals surface area contributed by atoms with Gasteiger partial charge in [0.05, 0.1) is 31.9 Å². The lowest BCUT2D eigenvalue weighted by atomic mass is 10.1. The van der Waals surface area contributed by atoms with Gasteiger partial charge in [-0.15, -0.1) is 0 Å². The minimum absolute atomic E-state index is 0.0805. The number of nitrogens with one attached hydrogen (secondary N) is 1. The first-order chi connectivity index (χ1) is 20.0. The van der Waals surface area contributed by atoms with Gasteiger partial charge in [0.1, 0.15) is 18.3 Å². The molecule has 0 spiro atoms. The second kappa shape index (κ2) is 14.6. The van der Waals surface area contributed by atoms with Crippen LogP contribution in [0.5, 0.6) is 17.2 Å². The van der Waals surface area contributed by atoms with E-state index in [1.807, 2.05) is 32.9 Å². The number of methoxy groups -OCH3 is 3. The topological polar surface area (TPSA) is 114 Å². The maximum Gasteiger partial charge on any atom is 0.264 e. The van der Waals surface area contributed by atoms with E-state index in [1.165, 1.54) is 37.3 Å². The number of rotatable bonds is 14. The normalized spacial score (nSPS) is 11.9. The number of anilines is 1. The molecular weight excluding hydrogens is 558 g/mol. The SMILES string of the molecule is CC[C@H](C(=O)NC(C)C)N(Cc1ccc(OC)cc1)C(=O)CN(c1ccccc1)S(=O)(=O)c1ccc(OC)c(OC)c1. The van der Waals surface area contributed by atoms with Crippen LogP contribution in [0.25, 0.3) is 0 Å². The minimum Gasteiger partial charge on any atom is -0.497 e. The molecule has 0 heterocycles. The molecular formula is C31H39N3O7S. The smallest absolute Gasteiger partial charge is 0.264 e. The number of carbonyl (C=O) groups is 2. The number of ether oxygens (including phenoxy) is 3. The van der Waals surface area contributed by atoms with E-state index in [-0.39, 0.29) is 29.1 Å². The zero-order valence-electron chi connectivity index (χ0n) is 24.9. The summed E-state index contributed by atoms with van der Waals surface area (Å²) in [6.07, 6.45) is 0.328. The average molecular weight is 598 g/mol. The Bertz CT molecular complexity index is 1450. The molecule has 1 atom stereocenters. The third-order valence-corrected chi connectivity index (χ3v) is 8.36. The van der Waals surface area contributed by atoms with E-state index in [2.05, 4.69) is 5.32 Å². The molecule has 3 aromatic rings. The van der Waals surface area contributed by atoms with Gasteiger partial charge in [-0.25, -0.2) is 8.42 Å². The highest BCUT2D eigenvalue weighted by Crippen LogP contribution is 2.32. The summed E-state index contributed by atoms with van der Waals surface area (Å²) in [5, 5.41) is 2.89. The predicted molar refractivity (Wildman–Crippen MR) is 161 cm³/mol. The summed E-state index contributed by atoms with van der Waals surface area (Å²) < 4.78 is 45.0. The maximum atomic E-state index is 14.1. The maximum absolute atomic E-state index is 14.1. The third-order valence-electron chi connectivity index (χ3n) is 6.59. The van der Waals surface area contributed by atoms with Gasteiger partial charge in [0.25, 0.3) is 10.0 Å². The van der Waals surface area contributed by atoms with Crippen LogP contribution in [0.4, 0.5) is 5.69 Å². The molecule has 0 aliphatic carbocycles. The van der Waals surface area contributed by atoms with Crippen LogP contribution in [-0.2, 0) is 26.2 Å². The van der Waals surface area contributed by atoms with E-state index in [0.717, 1.165) is 9.87 Å². The summed E-state index contributed by atoms with van der Waals surface area (Å²) in [6, 6.07) is 18.8. The van der Waals surface area contributed by atoms with Gasteiger partial charge in [0.2, 0.25) is 11.8 Å². The van der Waals surface area contributed by atoms with Crippen molar-refractivity contribution in [2.75, 3.05) is 32.2 Å². The summed E-state index contributed by atoms with van der Waals surface area (Å²) in [6.45, 7) is 5.04. The lowest BCUT2D eigenvalue weighted by Gasteiger charge is -2.33. The molecule has 11 heteroatoms. The molecule has 10 nitrogen and oxygen atoms in total. The van der Waals surface area contributed by atoms with Crippen molar-refractivity contribution in [3.8, 4) is 17.2 Å². The van der Waals surface area contributed by atoms with Crippen LogP contribution in [0.2, 0.25) is 0 Å². The number of benzene rings is 3. The van der Waals surface area contributed by atoms with Crippen LogP contribution in [0.15, 0.2) is 77.7 Å². The highest BCUT2D eigenvalue weighted by Gasteiger charge is 2.34. The Labute approximate surface area is 248 Å². The van der Waals surface area contributed by atoms with E-state index in [4.69, 9.17) is 14.2 Å². The Morgan fingerprint density at radius 2 is 1.50 bits per heavy atom. The number of amides is 2. The van der Waals surface area contributed by atoms with Crippen molar-refractivity contribution in [1.29, 1.82) is 0 Å². The highest BCUT2D eigenvalue weighted by molar-refractivity contribution is 7.92. The summed E-state index contributed by atoms with van der Waals surface area (Å²) in [7, 11) is 0.170. The van der Waals surface area contributed by atoms with Crippen LogP contribution >= 0.6 is 0 Å². The van der Waals surface area contributed by atoms with Gasteiger partial charge < -0.3 is 24.4 Å². The molecule has 0 fully saturated rings. The molecule has 0 radical (unpaired) electrons. The average Bonchev–Trinajstić information content (AvgIpc) is 2.99. The number of sulfonamides is 1. The Morgan fingerprint density at radius 3 is 2.05 bits per heavy atom.